The molecule has 0 fully saturated rings. The van der Waals surface area contributed by atoms with Gasteiger partial charge < -0.3 is 9.88 Å². The van der Waals surface area contributed by atoms with Crippen molar-refractivity contribution in [3.8, 4) is 11.3 Å². The summed E-state index contributed by atoms with van der Waals surface area (Å²) in [5.41, 5.74) is 2.64. The molecule has 6 nitrogen and oxygen atoms in total. The molecule has 0 spiro atoms. The Morgan fingerprint density at radius 2 is 1.90 bits per heavy atom. The predicted octanol–water partition coefficient (Wildman–Crippen LogP) is 4.63. The van der Waals surface area contributed by atoms with Crippen molar-refractivity contribution in [2.24, 2.45) is 0 Å². The highest BCUT2D eigenvalue weighted by Crippen LogP contribution is 2.25. The largest absolute Gasteiger partial charge is 0.302 e. The number of nitrogens with zero attached hydrogens (tertiary/aromatic N) is 4. The van der Waals surface area contributed by atoms with Crippen LogP contribution in [0, 0.1) is 12.7 Å². The number of rotatable bonds is 7. The van der Waals surface area contributed by atoms with E-state index in [-0.39, 0.29) is 17.5 Å². The van der Waals surface area contributed by atoms with Crippen LogP contribution in [0.5, 0.6) is 0 Å². The number of aryl methyl sites for hydroxylation is 1. The molecule has 0 saturated heterocycles. The normalized spacial score (nSPS) is 10.9. The van der Waals surface area contributed by atoms with Crippen molar-refractivity contribution in [1.29, 1.82) is 0 Å². The van der Waals surface area contributed by atoms with Crippen molar-refractivity contribution in [2.75, 3.05) is 11.1 Å². The number of halogens is 1. The second-order valence-electron chi connectivity index (χ2n) is 6.48. The molecule has 0 atom stereocenters. The van der Waals surface area contributed by atoms with E-state index in [9.17, 15) is 9.18 Å². The fourth-order valence-corrected chi connectivity index (χ4v) is 4.31. The van der Waals surface area contributed by atoms with Gasteiger partial charge in [0.25, 0.3) is 0 Å². The average molecular weight is 440 g/mol. The summed E-state index contributed by atoms with van der Waals surface area (Å²) in [5, 5.41) is 14.2. The minimum Gasteiger partial charge on any atom is -0.302 e. The highest BCUT2D eigenvalue weighted by atomic mass is 32.2. The predicted molar refractivity (Wildman–Crippen MR) is 117 cm³/mol. The molecular weight excluding hydrogens is 421 g/mol. The Bertz CT molecular complexity index is 1140. The molecule has 0 bridgehead atoms. The maximum absolute atomic E-state index is 13.1. The van der Waals surface area contributed by atoms with E-state index in [0.717, 1.165) is 17.0 Å². The zero-order valence-electron chi connectivity index (χ0n) is 16.1. The molecule has 0 saturated carbocycles. The first kappa shape index (κ1) is 20.2. The van der Waals surface area contributed by atoms with Crippen LogP contribution in [0.1, 0.15) is 11.4 Å². The van der Waals surface area contributed by atoms with Crippen LogP contribution in [0.25, 0.3) is 11.3 Å². The average Bonchev–Trinajstić information content (AvgIpc) is 3.35. The fraction of sp³-hybridized carbons (Fsp3) is 0.143. The van der Waals surface area contributed by atoms with Gasteiger partial charge in [0.05, 0.1) is 18.0 Å². The number of benzene rings is 2. The number of carbonyl (C=O) groups is 1. The molecule has 0 aliphatic rings. The molecule has 0 aliphatic carbocycles. The van der Waals surface area contributed by atoms with Gasteiger partial charge in [0.2, 0.25) is 5.91 Å². The summed E-state index contributed by atoms with van der Waals surface area (Å²) >= 11 is 2.66. The number of thioether (sulfide) groups is 1. The topological polar surface area (TPSA) is 72.7 Å². The SMILES string of the molecule is Cc1nnc(SCC(=O)Nc2nc(-c3ccc(F)cc3)cs2)n1Cc1ccccc1. The molecule has 0 radical (unpaired) electrons. The van der Waals surface area contributed by atoms with Crippen molar-refractivity contribution in [2.45, 2.75) is 18.6 Å². The first-order chi connectivity index (χ1) is 14.6. The molecule has 30 heavy (non-hydrogen) atoms. The van der Waals surface area contributed by atoms with E-state index in [4.69, 9.17) is 0 Å². The zero-order chi connectivity index (χ0) is 20.9. The Hall–Kier alpha value is -3.04. The first-order valence-corrected chi connectivity index (χ1v) is 11.0. The third kappa shape index (κ3) is 4.92. The van der Waals surface area contributed by atoms with Crippen LogP contribution < -0.4 is 5.32 Å². The van der Waals surface area contributed by atoms with Gasteiger partial charge in [-0.2, -0.15) is 0 Å². The van der Waals surface area contributed by atoms with E-state index in [1.807, 2.05) is 47.2 Å². The van der Waals surface area contributed by atoms with Gasteiger partial charge in [0.1, 0.15) is 11.6 Å². The highest BCUT2D eigenvalue weighted by Gasteiger charge is 2.14. The summed E-state index contributed by atoms with van der Waals surface area (Å²) in [5.74, 6) is 0.519. The summed E-state index contributed by atoms with van der Waals surface area (Å²) in [4.78, 5) is 16.8. The van der Waals surface area contributed by atoms with E-state index >= 15 is 0 Å². The Kier molecular flexibility index (Phi) is 6.20. The number of nitrogens with one attached hydrogen (secondary N) is 1. The maximum atomic E-state index is 13.1. The van der Waals surface area contributed by atoms with Gasteiger partial charge in [0, 0.05) is 10.9 Å². The van der Waals surface area contributed by atoms with Crippen LogP contribution in [0.15, 0.2) is 65.1 Å². The minimum atomic E-state index is -0.296. The van der Waals surface area contributed by atoms with E-state index < -0.39 is 0 Å². The lowest BCUT2D eigenvalue weighted by molar-refractivity contribution is -0.113. The molecule has 4 aromatic rings. The van der Waals surface area contributed by atoms with Crippen molar-refractivity contribution in [3.63, 3.8) is 0 Å². The number of carbonyl (C=O) groups excluding carboxylic acids is 1. The molecule has 0 unspecified atom stereocenters. The summed E-state index contributed by atoms with van der Waals surface area (Å²) in [6.07, 6.45) is 0. The quantitative estimate of drug-likeness (QED) is 0.425. The number of anilines is 1. The Labute approximate surface area is 181 Å². The van der Waals surface area contributed by atoms with E-state index in [0.29, 0.717) is 22.5 Å². The van der Waals surface area contributed by atoms with E-state index in [1.165, 1.54) is 35.2 Å². The number of hydrogen-bond donors (Lipinski definition) is 1. The van der Waals surface area contributed by atoms with Gasteiger partial charge in [-0.25, -0.2) is 9.37 Å². The molecule has 152 valence electrons. The van der Waals surface area contributed by atoms with E-state index in [2.05, 4.69) is 20.5 Å². The first-order valence-electron chi connectivity index (χ1n) is 9.16. The van der Waals surface area contributed by atoms with Crippen molar-refractivity contribution in [3.05, 3.63) is 77.2 Å². The molecule has 9 heteroatoms. The monoisotopic (exact) mass is 439 g/mol. The summed E-state index contributed by atoms with van der Waals surface area (Å²) in [6, 6.07) is 16.1. The Morgan fingerprint density at radius 1 is 1.13 bits per heavy atom. The Balaban J connectivity index is 1.36. The third-order valence-corrected chi connectivity index (χ3v) is 6.03. The van der Waals surface area contributed by atoms with Crippen LogP contribution in [-0.4, -0.2) is 31.4 Å². The number of aromatic nitrogens is 4. The lowest BCUT2D eigenvalue weighted by atomic mass is 10.2. The Morgan fingerprint density at radius 3 is 2.67 bits per heavy atom. The third-order valence-electron chi connectivity index (χ3n) is 4.31. The molecule has 2 aromatic carbocycles. The van der Waals surface area contributed by atoms with Crippen molar-refractivity contribution in [1.82, 2.24) is 19.7 Å². The van der Waals surface area contributed by atoms with Crippen LogP contribution in [0.4, 0.5) is 9.52 Å². The minimum absolute atomic E-state index is 0.174. The summed E-state index contributed by atoms with van der Waals surface area (Å²) < 4.78 is 15.1. The van der Waals surface area contributed by atoms with Gasteiger partial charge in [0.15, 0.2) is 10.3 Å². The van der Waals surface area contributed by atoms with Gasteiger partial charge in [-0.15, -0.1) is 21.5 Å². The van der Waals surface area contributed by atoms with Crippen LogP contribution >= 0.6 is 23.1 Å². The van der Waals surface area contributed by atoms with Gasteiger partial charge >= 0.3 is 0 Å². The van der Waals surface area contributed by atoms with Gasteiger partial charge in [-0.1, -0.05) is 42.1 Å². The number of amides is 1. The van der Waals surface area contributed by atoms with E-state index in [1.54, 1.807) is 12.1 Å². The second kappa shape index (κ2) is 9.19. The van der Waals surface area contributed by atoms with Gasteiger partial charge in [-0.3, -0.25) is 4.79 Å². The van der Waals surface area contributed by atoms with Crippen molar-refractivity contribution >= 4 is 34.1 Å². The maximum Gasteiger partial charge on any atom is 0.236 e. The molecule has 4 rings (SSSR count). The summed E-state index contributed by atoms with van der Waals surface area (Å²) in [7, 11) is 0. The molecule has 0 aliphatic heterocycles. The van der Waals surface area contributed by atoms with Crippen LogP contribution in [-0.2, 0) is 11.3 Å². The van der Waals surface area contributed by atoms with Gasteiger partial charge in [-0.05, 0) is 36.8 Å². The van der Waals surface area contributed by atoms with Crippen LogP contribution in [0.2, 0.25) is 0 Å². The standard InChI is InChI=1S/C21H18FN5OS2/c1-14-25-26-21(27(14)11-15-5-3-2-4-6-15)30-13-19(28)24-20-23-18(12-29-20)16-7-9-17(22)10-8-16/h2-10,12H,11,13H2,1H3,(H,23,24,28). The van der Waals surface area contributed by atoms with Crippen LogP contribution in [0.3, 0.4) is 0 Å². The molecular formula is C21H18FN5OS2. The molecule has 1 N–H and O–H groups in total. The second-order valence-corrected chi connectivity index (χ2v) is 8.28. The molecule has 2 heterocycles. The fourth-order valence-electron chi connectivity index (χ4n) is 2.79. The smallest absolute Gasteiger partial charge is 0.236 e. The molecule has 2 aromatic heterocycles. The highest BCUT2D eigenvalue weighted by molar-refractivity contribution is 7.99. The summed E-state index contributed by atoms with van der Waals surface area (Å²) in [6.45, 7) is 2.55. The lowest BCUT2D eigenvalue weighted by Gasteiger charge is -2.08. The number of hydrogen-bond acceptors (Lipinski definition) is 6. The molecule has 1 amide bonds. The van der Waals surface area contributed by atoms with Crippen molar-refractivity contribution < 1.29 is 9.18 Å². The zero-order valence-corrected chi connectivity index (χ0v) is 17.7. The number of thiazole rings is 1. The lowest BCUT2D eigenvalue weighted by Crippen LogP contribution is -2.14.